The van der Waals surface area contributed by atoms with Gasteiger partial charge in [0.1, 0.15) is 5.76 Å². The zero-order valence-electron chi connectivity index (χ0n) is 17.7. The Morgan fingerprint density at radius 1 is 1.14 bits per heavy atom. The molecule has 0 saturated heterocycles. The molecule has 0 aliphatic rings. The van der Waals surface area contributed by atoms with E-state index in [4.69, 9.17) is 15.7 Å². The van der Waals surface area contributed by atoms with E-state index >= 15 is 0 Å². The maximum atomic E-state index is 7.61. The molecule has 2 aromatic carbocycles. The Morgan fingerprint density at radius 3 is 2.34 bits per heavy atom. The van der Waals surface area contributed by atoms with Crippen LogP contribution in [0.15, 0.2) is 52.7 Å². The molecule has 3 aromatic rings. The predicted molar refractivity (Wildman–Crippen MR) is 121 cm³/mol. The van der Waals surface area contributed by atoms with E-state index in [1.165, 1.54) is 11.8 Å². The monoisotopic (exact) mass is 388 g/mol. The predicted octanol–water partition coefficient (Wildman–Crippen LogP) is 5.76. The van der Waals surface area contributed by atoms with Crippen LogP contribution in [-0.2, 0) is 0 Å². The summed E-state index contributed by atoms with van der Waals surface area (Å²) < 4.78 is 5.36. The number of aromatic nitrogens is 1. The fourth-order valence-corrected chi connectivity index (χ4v) is 3.69. The highest BCUT2D eigenvalue weighted by atomic mass is 16.5. The summed E-state index contributed by atoms with van der Waals surface area (Å²) in [6.45, 7) is 10.8. The number of nitrogens with zero attached hydrogens (tertiary/aromatic N) is 2. The van der Waals surface area contributed by atoms with E-state index in [0.29, 0.717) is 5.70 Å². The smallest absolute Gasteiger partial charge is 0.141 e. The molecule has 5 heteroatoms. The zero-order valence-corrected chi connectivity index (χ0v) is 17.7. The molecule has 0 unspecified atom stereocenters. The number of nitrogens with one attached hydrogen (secondary N) is 1. The number of aryl methyl sites for hydroxylation is 3. The molecule has 0 aliphatic carbocycles. The molecule has 29 heavy (non-hydrogen) atoms. The largest absolute Gasteiger partial charge is 0.402 e. The van der Waals surface area contributed by atoms with Gasteiger partial charge in [0.25, 0.3) is 0 Å². The van der Waals surface area contributed by atoms with Crippen LogP contribution in [0.2, 0.25) is 0 Å². The van der Waals surface area contributed by atoms with Gasteiger partial charge in [-0.2, -0.15) is 0 Å². The number of benzene rings is 2. The van der Waals surface area contributed by atoms with Crippen molar-refractivity contribution in [2.75, 3.05) is 11.4 Å². The summed E-state index contributed by atoms with van der Waals surface area (Å²) in [5.74, 6) is 0.827. The van der Waals surface area contributed by atoms with Crippen molar-refractivity contribution in [1.29, 1.82) is 5.41 Å². The Balaban J connectivity index is 2.04. The van der Waals surface area contributed by atoms with Gasteiger partial charge in [-0.25, -0.2) is 0 Å². The first-order valence-corrected chi connectivity index (χ1v) is 9.76. The molecule has 1 heterocycles. The summed E-state index contributed by atoms with van der Waals surface area (Å²) in [5.41, 5.74) is 14.7. The van der Waals surface area contributed by atoms with Crippen LogP contribution in [0.1, 0.15) is 36.4 Å². The summed E-state index contributed by atoms with van der Waals surface area (Å²) in [6, 6.07) is 14.6. The topological polar surface area (TPSA) is 79.1 Å². The molecule has 0 saturated carbocycles. The molecule has 0 spiro atoms. The second-order valence-electron chi connectivity index (χ2n) is 7.23. The number of hydrogen-bond acceptors (Lipinski definition) is 5. The van der Waals surface area contributed by atoms with Gasteiger partial charge in [0.05, 0.1) is 5.69 Å². The fourth-order valence-electron chi connectivity index (χ4n) is 3.69. The van der Waals surface area contributed by atoms with Crippen LogP contribution < -0.4 is 10.6 Å². The molecule has 5 nitrogen and oxygen atoms in total. The van der Waals surface area contributed by atoms with Crippen molar-refractivity contribution in [2.24, 2.45) is 5.73 Å². The fraction of sp³-hybridized carbons (Fsp3) is 0.250. The highest BCUT2D eigenvalue weighted by molar-refractivity contribution is 6.09. The van der Waals surface area contributed by atoms with Crippen LogP contribution in [0.4, 0.5) is 11.4 Å². The number of nitrogens with two attached hydrogens (primary N) is 1. The minimum Gasteiger partial charge on any atom is -0.402 e. The first-order valence-electron chi connectivity index (χ1n) is 9.76. The van der Waals surface area contributed by atoms with Crippen molar-refractivity contribution >= 4 is 23.2 Å². The van der Waals surface area contributed by atoms with Gasteiger partial charge in [-0.15, -0.1) is 0 Å². The van der Waals surface area contributed by atoms with Gasteiger partial charge in [-0.3, -0.25) is 0 Å². The maximum Gasteiger partial charge on any atom is 0.141 e. The molecule has 0 amide bonds. The molecule has 0 aliphatic heterocycles. The highest BCUT2D eigenvalue weighted by Gasteiger charge is 2.16. The summed E-state index contributed by atoms with van der Waals surface area (Å²) in [4.78, 5) is 2.28. The van der Waals surface area contributed by atoms with E-state index in [9.17, 15) is 0 Å². The molecule has 0 bridgehead atoms. The van der Waals surface area contributed by atoms with Crippen LogP contribution >= 0.6 is 0 Å². The lowest BCUT2D eigenvalue weighted by Gasteiger charge is -2.26. The van der Waals surface area contributed by atoms with Gasteiger partial charge in [-0.05, 0) is 69.5 Å². The Labute approximate surface area is 172 Å². The minimum absolute atomic E-state index is 0.642. The molecule has 0 fully saturated rings. The second kappa shape index (κ2) is 8.35. The van der Waals surface area contributed by atoms with Crippen molar-refractivity contribution in [1.82, 2.24) is 5.16 Å². The minimum atomic E-state index is 0.642. The lowest BCUT2D eigenvalue weighted by Crippen LogP contribution is -2.17. The van der Waals surface area contributed by atoms with Gasteiger partial charge in [-0.1, -0.05) is 29.4 Å². The van der Waals surface area contributed by atoms with Crippen LogP contribution in [-0.4, -0.2) is 17.9 Å². The third kappa shape index (κ3) is 3.94. The number of allylic oxidation sites excluding steroid dienone is 2. The van der Waals surface area contributed by atoms with Gasteiger partial charge in [0, 0.05) is 41.0 Å². The third-order valence-corrected chi connectivity index (χ3v) is 5.20. The summed E-state index contributed by atoms with van der Waals surface area (Å²) in [6.07, 6.45) is 1.30. The normalized spacial score (nSPS) is 11.9. The van der Waals surface area contributed by atoms with E-state index < -0.39 is 0 Å². The average Bonchev–Trinajstić information content (AvgIpc) is 3.03. The van der Waals surface area contributed by atoms with Gasteiger partial charge >= 0.3 is 0 Å². The molecule has 3 N–H and O–H groups in total. The van der Waals surface area contributed by atoms with Crippen LogP contribution in [0.25, 0.3) is 16.7 Å². The summed E-state index contributed by atoms with van der Waals surface area (Å²) in [7, 11) is 0. The molecular formula is C24H28N4O. The Kier molecular flexibility index (Phi) is 5.87. The van der Waals surface area contributed by atoms with Crippen LogP contribution in [0.5, 0.6) is 0 Å². The molecule has 0 atom stereocenters. The third-order valence-electron chi connectivity index (χ3n) is 5.20. The molecule has 3 rings (SSSR count). The highest BCUT2D eigenvalue weighted by Crippen LogP contribution is 2.35. The number of anilines is 2. The van der Waals surface area contributed by atoms with Crippen molar-refractivity contribution in [2.45, 2.75) is 34.6 Å². The molecule has 0 radical (unpaired) electrons. The number of hydrogen-bond donors (Lipinski definition) is 2. The van der Waals surface area contributed by atoms with E-state index in [0.717, 1.165) is 51.6 Å². The van der Waals surface area contributed by atoms with Crippen molar-refractivity contribution < 1.29 is 4.52 Å². The molecular weight excluding hydrogens is 360 g/mol. The summed E-state index contributed by atoms with van der Waals surface area (Å²) in [5, 5.41) is 11.7. The van der Waals surface area contributed by atoms with E-state index in [2.05, 4.69) is 54.2 Å². The first-order chi connectivity index (χ1) is 13.9. The standard InChI is InChI=1S/C24H28N4O/c1-6-28(21-11-9-19(10-12-21)22(14-25)16(3)26)23-13-20(8-7-15(23)2)24-17(4)27-29-18(24)5/h7-14,25H,6,26H2,1-5H3/b22-16+,25-14?. The van der Waals surface area contributed by atoms with Crippen LogP contribution in [0, 0.1) is 26.2 Å². The van der Waals surface area contributed by atoms with Gasteiger partial charge in [0.15, 0.2) is 0 Å². The van der Waals surface area contributed by atoms with Crippen molar-refractivity contribution in [3.63, 3.8) is 0 Å². The van der Waals surface area contributed by atoms with Gasteiger partial charge in [0.2, 0.25) is 0 Å². The van der Waals surface area contributed by atoms with Gasteiger partial charge < -0.3 is 20.6 Å². The van der Waals surface area contributed by atoms with E-state index in [1.807, 2.05) is 32.9 Å². The SMILES string of the molecule is CCN(c1ccc(/C(C=N)=C(\C)N)cc1)c1cc(-c2c(C)noc2C)ccc1C. The lowest BCUT2D eigenvalue weighted by molar-refractivity contribution is 0.393. The maximum absolute atomic E-state index is 7.61. The average molecular weight is 389 g/mol. The van der Waals surface area contributed by atoms with E-state index in [1.54, 1.807) is 0 Å². The second-order valence-corrected chi connectivity index (χ2v) is 7.23. The number of rotatable bonds is 6. The molecule has 150 valence electrons. The van der Waals surface area contributed by atoms with Crippen molar-refractivity contribution in [3.8, 4) is 11.1 Å². The van der Waals surface area contributed by atoms with Crippen molar-refractivity contribution in [3.05, 3.63) is 70.7 Å². The Morgan fingerprint density at radius 2 is 1.83 bits per heavy atom. The van der Waals surface area contributed by atoms with E-state index in [-0.39, 0.29) is 0 Å². The summed E-state index contributed by atoms with van der Waals surface area (Å²) >= 11 is 0. The lowest BCUT2D eigenvalue weighted by atomic mass is 10.00. The molecule has 1 aromatic heterocycles. The first kappa shape index (κ1) is 20.4. The zero-order chi connectivity index (χ0) is 21.1. The van der Waals surface area contributed by atoms with Crippen LogP contribution in [0.3, 0.4) is 0 Å². The Hall–Kier alpha value is -3.34. The Bertz CT molecular complexity index is 1040. The quantitative estimate of drug-likeness (QED) is 0.526.